The minimum absolute atomic E-state index is 0.00305. The minimum atomic E-state index is -0.535. The summed E-state index contributed by atoms with van der Waals surface area (Å²) in [4.78, 5) is 26.0. The molecule has 2 aromatic carbocycles. The van der Waals surface area contributed by atoms with Crippen LogP contribution >= 0.6 is 12.2 Å². The summed E-state index contributed by atoms with van der Waals surface area (Å²) in [6.07, 6.45) is 3.05. The van der Waals surface area contributed by atoms with Crippen molar-refractivity contribution < 1.29 is 14.0 Å². The fourth-order valence-corrected chi connectivity index (χ4v) is 2.86. The fraction of sp³-hybridized carbons (Fsp3) is 0.0500. The summed E-state index contributed by atoms with van der Waals surface area (Å²) in [6.45, 7) is 3.80. The number of amides is 2. The van der Waals surface area contributed by atoms with E-state index in [4.69, 9.17) is 12.2 Å². The molecule has 1 N–H and O–H groups in total. The number of halogens is 1. The molecule has 1 saturated heterocycles. The molecular formula is C20H15FN2O2S. The number of thiocarbonyl (C=S) groups is 1. The van der Waals surface area contributed by atoms with Crippen LogP contribution in [0.4, 0.5) is 4.39 Å². The Bertz CT molecular complexity index is 935. The van der Waals surface area contributed by atoms with E-state index in [0.29, 0.717) is 5.56 Å². The second-order valence-corrected chi connectivity index (χ2v) is 6.04. The molecule has 3 rings (SSSR count). The van der Waals surface area contributed by atoms with E-state index >= 15 is 0 Å². The number of nitrogens with zero attached hydrogens (tertiary/aromatic N) is 1. The third-order valence-electron chi connectivity index (χ3n) is 3.87. The number of benzene rings is 2. The van der Waals surface area contributed by atoms with Gasteiger partial charge in [-0.2, -0.15) is 0 Å². The van der Waals surface area contributed by atoms with Crippen molar-refractivity contribution in [1.82, 2.24) is 10.2 Å². The van der Waals surface area contributed by atoms with Crippen molar-refractivity contribution in [2.45, 2.75) is 0 Å². The van der Waals surface area contributed by atoms with Crippen molar-refractivity contribution in [3.63, 3.8) is 0 Å². The summed E-state index contributed by atoms with van der Waals surface area (Å²) < 4.78 is 13.1. The van der Waals surface area contributed by atoms with Crippen LogP contribution in [-0.4, -0.2) is 28.4 Å². The number of carbonyl (C=O) groups is 2. The first-order chi connectivity index (χ1) is 12.5. The zero-order valence-electron chi connectivity index (χ0n) is 13.7. The Balaban J connectivity index is 1.96. The number of rotatable bonds is 4. The second-order valence-electron chi connectivity index (χ2n) is 5.65. The van der Waals surface area contributed by atoms with Crippen LogP contribution < -0.4 is 5.32 Å². The summed E-state index contributed by atoms with van der Waals surface area (Å²) in [5.41, 5.74) is 2.36. The minimum Gasteiger partial charge on any atom is -0.298 e. The van der Waals surface area contributed by atoms with Gasteiger partial charge in [-0.3, -0.25) is 19.8 Å². The molecule has 2 amide bonds. The van der Waals surface area contributed by atoms with E-state index in [-0.39, 0.29) is 23.0 Å². The first-order valence-corrected chi connectivity index (χ1v) is 8.26. The smallest absolute Gasteiger partial charge is 0.265 e. The molecule has 0 aromatic heterocycles. The molecule has 0 saturated carbocycles. The van der Waals surface area contributed by atoms with Gasteiger partial charge in [0.25, 0.3) is 11.8 Å². The van der Waals surface area contributed by atoms with Crippen LogP contribution in [0.5, 0.6) is 0 Å². The molecule has 2 aromatic rings. The number of hydrogen-bond donors (Lipinski definition) is 1. The summed E-state index contributed by atoms with van der Waals surface area (Å²) in [7, 11) is 0. The van der Waals surface area contributed by atoms with Gasteiger partial charge in [0.1, 0.15) is 11.4 Å². The lowest BCUT2D eigenvalue weighted by atomic mass is 10.0. The Hall–Kier alpha value is -3.12. The molecular weight excluding hydrogens is 351 g/mol. The van der Waals surface area contributed by atoms with Crippen molar-refractivity contribution in [2.24, 2.45) is 0 Å². The van der Waals surface area contributed by atoms with Crippen molar-refractivity contribution in [3.05, 3.63) is 78.1 Å². The largest absolute Gasteiger partial charge is 0.298 e. The van der Waals surface area contributed by atoms with E-state index in [1.165, 1.54) is 29.2 Å². The van der Waals surface area contributed by atoms with Gasteiger partial charge < -0.3 is 0 Å². The molecule has 6 heteroatoms. The summed E-state index contributed by atoms with van der Waals surface area (Å²) in [5.74, 6) is -1.31. The highest BCUT2D eigenvalue weighted by Gasteiger charge is 2.32. The van der Waals surface area contributed by atoms with Gasteiger partial charge in [-0.1, -0.05) is 36.4 Å². The summed E-state index contributed by atoms with van der Waals surface area (Å²) >= 11 is 5.03. The molecule has 4 nitrogen and oxygen atoms in total. The van der Waals surface area contributed by atoms with Crippen LogP contribution in [0, 0.1) is 5.82 Å². The van der Waals surface area contributed by atoms with Crippen LogP contribution in [0.15, 0.2) is 66.8 Å². The van der Waals surface area contributed by atoms with E-state index in [2.05, 4.69) is 11.9 Å². The first-order valence-electron chi connectivity index (χ1n) is 7.85. The quantitative estimate of drug-likeness (QED) is 0.391. The number of hydrogen-bond acceptors (Lipinski definition) is 3. The highest BCUT2D eigenvalue weighted by Crippen LogP contribution is 2.23. The third kappa shape index (κ3) is 3.60. The lowest BCUT2D eigenvalue weighted by Gasteiger charge is -2.27. The molecule has 130 valence electrons. The van der Waals surface area contributed by atoms with Gasteiger partial charge >= 0.3 is 0 Å². The fourth-order valence-electron chi connectivity index (χ4n) is 2.61. The molecule has 1 heterocycles. The zero-order chi connectivity index (χ0) is 18.7. The van der Waals surface area contributed by atoms with E-state index in [1.54, 1.807) is 18.2 Å². The molecule has 26 heavy (non-hydrogen) atoms. The molecule has 1 aliphatic rings. The predicted molar refractivity (Wildman–Crippen MR) is 102 cm³/mol. The van der Waals surface area contributed by atoms with Gasteiger partial charge in [0.05, 0.1) is 0 Å². The molecule has 0 spiro atoms. The monoisotopic (exact) mass is 366 g/mol. The van der Waals surface area contributed by atoms with Gasteiger partial charge in [0, 0.05) is 6.54 Å². The molecule has 0 aliphatic carbocycles. The Morgan fingerprint density at radius 3 is 2.54 bits per heavy atom. The zero-order valence-corrected chi connectivity index (χ0v) is 14.6. The van der Waals surface area contributed by atoms with Gasteiger partial charge in [-0.05, 0) is 53.2 Å². The maximum absolute atomic E-state index is 13.1. The lowest BCUT2D eigenvalue weighted by Crippen LogP contribution is -2.53. The highest BCUT2D eigenvalue weighted by atomic mass is 32.1. The van der Waals surface area contributed by atoms with Crippen LogP contribution in [0.3, 0.4) is 0 Å². The van der Waals surface area contributed by atoms with Gasteiger partial charge in [-0.15, -0.1) is 6.58 Å². The maximum atomic E-state index is 13.1. The molecule has 1 aliphatic heterocycles. The third-order valence-corrected chi connectivity index (χ3v) is 4.20. The molecule has 1 fully saturated rings. The number of nitrogens with one attached hydrogen (secondary N) is 1. The van der Waals surface area contributed by atoms with Crippen molar-refractivity contribution in [2.75, 3.05) is 6.54 Å². The topological polar surface area (TPSA) is 49.4 Å². The Labute approximate surface area is 155 Å². The summed E-state index contributed by atoms with van der Waals surface area (Å²) in [5, 5.41) is 2.57. The van der Waals surface area contributed by atoms with Crippen molar-refractivity contribution >= 4 is 35.2 Å². The van der Waals surface area contributed by atoms with Gasteiger partial charge in [-0.25, -0.2) is 4.39 Å². The predicted octanol–water partition coefficient (Wildman–Crippen LogP) is 3.31. The van der Waals surface area contributed by atoms with E-state index < -0.39 is 11.8 Å². The first kappa shape index (κ1) is 17.7. The highest BCUT2D eigenvalue weighted by molar-refractivity contribution is 7.80. The lowest BCUT2D eigenvalue weighted by molar-refractivity contribution is -0.128. The van der Waals surface area contributed by atoms with Crippen molar-refractivity contribution in [3.8, 4) is 11.1 Å². The van der Waals surface area contributed by atoms with Crippen LogP contribution in [-0.2, 0) is 9.59 Å². The normalized spacial score (nSPS) is 16.0. The second kappa shape index (κ2) is 7.41. The van der Waals surface area contributed by atoms with Gasteiger partial charge in [0.2, 0.25) is 0 Å². The average molecular weight is 366 g/mol. The standard InChI is InChI=1S/C20H15FN2O2S/c1-2-10-23-19(25)17(18(24)22-20(23)26)12-13-4-3-5-15(11-13)14-6-8-16(21)9-7-14/h2-9,11-12H,1,10H2,(H,22,24,26)/b17-12+. The molecule has 0 bridgehead atoms. The molecule has 0 atom stereocenters. The maximum Gasteiger partial charge on any atom is 0.265 e. The van der Waals surface area contributed by atoms with Crippen LogP contribution in [0.1, 0.15) is 5.56 Å². The van der Waals surface area contributed by atoms with E-state index in [9.17, 15) is 14.0 Å². The van der Waals surface area contributed by atoms with E-state index in [1.807, 2.05) is 18.2 Å². The van der Waals surface area contributed by atoms with E-state index in [0.717, 1.165) is 11.1 Å². The van der Waals surface area contributed by atoms with Crippen LogP contribution in [0.2, 0.25) is 0 Å². The Morgan fingerprint density at radius 2 is 1.85 bits per heavy atom. The van der Waals surface area contributed by atoms with Crippen molar-refractivity contribution in [1.29, 1.82) is 0 Å². The molecule has 0 unspecified atom stereocenters. The van der Waals surface area contributed by atoms with Gasteiger partial charge in [0.15, 0.2) is 5.11 Å². The SMILES string of the molecule is C=CCN1C(=O)/C(=C/c2cccc(-c3ccc(F)cc3)c2)C(=O)NC1=S. The average Bonchev–Trinajstić information content (AvgIpc) is 2.63. The summed E-state index contributed by atoms with van der Waals surface area (Å²) in [6, 6.07) is 13.4. The number of carbonyl (C=O) groups excluding carboxylic acids is 2. The van der Waals surface area contributed by atoms with Crippen LogP contribution in [0.25, 0.3) is 17.2 Å². The Morgan fingerprint density at radius 1 is 1.12 bits per heavy atom. The molecule has 0 radical (unpaired) electrons. The Kier molecular flexibility index (Phi) is 5.04.